The Morgan fingerprint density at radius 2 is 1.82 bits per heavy atom. The zero-order valence-electron chi connectivity index (χ0n) is 12.6. The highest BCUT2D eigenvalue weighted by atomic mass is 16.2. The predicted molar refractivity (Wildman–Crippen MR) is 81.2 cm³/mol. The van der Waals surface area contributed by atoms with E-state index in [2.05, 4.69) is 19.8 Å². The van der Waals surface area contributed by atoms with Crippen LogP contribution in [0.25, 0.3) is 0 Å². The molecule has 0 saturated carbocycles. The van der Waals surface area contributed by atoms with Gasteiger partial charge in [-0.25, -0.2) is 9.97 Å². The number of likely N-dealkylation sites (tertiary alicyclic amines) is 1. The molecule has 3 heterocycles. The highest BCUT2D eigenvalue weighted by Gasteiger charge is 2.23. The summed E-state index contributed by atoms with van der Waals surface area (Å²) in [6.45, 7) is 5.70. The molecule has 0 atom stereocenters. The third-order valence-corrected chi connectivity index (χ3v) is 4.27. The molecule has 0 aliphatic carbocycles. The molecule has 116 valence electrons. The van der Waals surface area contributed by atoms with E-state index >= 15 is 0 Å². The standard InChI is InChI=1S/C15H20N6O/c16-9-13-10-18-14(11-17-13)20-7-5-19(6-8-20)12-15(22)21-3-1-2-4-21/h10-11H,1-8,12H2. The van der Waals surface area contributed by atoms with Gasteiger partial charge in [0, 0.05) is 39.3 Å². The van der Waals surface area contributed by atoms with Gasteiger partial charge in [0.1, 0.15) is 11.9 Å². The summed E-state index contributed by atoms with van der Waals surface area (Å²) in [5, 5.41) is 8.74. The Morgan fingerprint density at radius 1 is 1.09 bits per heavy atom. The molecule has 2 aliphatic rings. The molecule has 0 radical (unpaired) electrons. The summed E-state index contributed by atoms with van der Waals surface area (Å²) in [7, 11) is 0. The highest BCUT2D eigenvalue weighted by Crippen LogP contribution is 2.13. The van der Waals surface area contributed by atoms with Gasteiger partial charge >= 0.3 is 0 Å². The van der Waals surface area contributed by atoms with Crippen molar-refractivity contribution in [1.82, 2.24) is 19.8 Å². The van der Waals surface area contributed by atoms with Gasteiger partial charge in [0.15, 0.2) is 5.69 Å². The van der Waals surface area contributed by atoms with Crippen LogP contribution in [-0.2, 0) is 4.79 Å². The zero-order valence-corrected chi connectivity index (χ0v) is 12.6. The number of hydrogen-bond donors (Lipinski definition) is 0. The molecule has 0 aromatic carbocycles. The van der Waals surface area contributed by atoms with Gasteiger partial charge in [-0.1, -0.05) is 0 Å². The van der Waals surface area contributed by atoms with Crippen molar-refractivity contribution in [1.29, 1.82) is 5.26 Å². The Hall–Kier alpha value is -2.20. The second kappa shape index (κ2) is 6.71. The topological polar surface area (TPSA) is 76.4 Å². The lowest BCUT2D eigenvalue weighted by atomic mass is 10.3. The van der Waals surface area contributed by atoms with E-state index in [1.54, 1.807) is 6.20 Å². The van der Waals surface area contributed by atoms with Crippen LogP contribution >= 0.6 is 0 Å². The molecule has 3 rings (SSSR count). The fourth-order valence-electron chi connectivity index (χ4n) is 2.94. The Bertz CT molecular complexity index is 552. The van der Waals surface area contributed by atoms with E-state index in [9.17, 15) is 4.79 Å². The first kappa shape index (κ1) is 14.7. The van der Waals surface area contributed by atoms with Crippen molar-refractivity contribution in [3.63, 3.8) is 0 Å². The fraction of sp³-hybridized carbons (Fsp3) is 0.600. The minimum absolute atomic E-state index is 0.254. The number of carbonyl (C=O) groups is 1. The van der Waals surface area contributed by atoms with Gasteiger partial charge in [0.25, 0.3) is 0 Å². The lowest BCUT2D eigenvalue weighted by Crippen LogP contribution is -2.50. The van der Waals surface area contributed by atoms with Crippen molar-refractivity contribution >= 4 is 11.7 Å². The van der Waals surface area contributed by atoms with E-state index in [1.165, 1.54) is 6.20 Å². The second-order valence-electron chi connectivity index (χ2n) is 5.72. The van der Waals surface area contributed by atoms with Crippen LogP contribution in [0.3, 0.4) is 0 Å². The molecule has 0 unspecified atom stereocenters. The molecule has 22 heavy (non-hydrogen) atoms. The molecule has 7 nitrogen and oxygen atoms in total. The van der Waals surface area contributed by atoms with Gasteiger partial charge < -0.3 is 9.80 Å². The summed E-state index contributed by atoms with van der Waals surface area (Å²) in [6, 6.07) is 1.97. The maximum Gasteiger partial charge on any atom is 0.236 e. The molecule has 1 aromatic rings. The number of aromatic nitrogens is 2. The molecule has 2 saturated heterocycles. The van der Waals surface area contributed by atoms with Crippen molar-refractivity contribution in [2.45, 2.75) is 12.8 Å². The second-order valence-corrected chi connectivity index (χ2v) is 5.72. The van der Waals surface area contributed by atoms with E-state index in [1.807, 2.05) is 11.0 Å². The summed E-state index contributed by atoms with van der Waals surface area (Å²) in [6.07, 6.45) is 5.41. The van der Waals surface area contributed by atoms with E-state index in [-0.39, 0.29) is 5.91 Å². The van der Waals surface area contributed by atoms with Crippen molar-refractivity contribution in [2.24, 2.45) is 0 Å². The molecular weight excluding hydrogens is 280 g/mol. The molecule has 1 aromatic heterocycles. The van der Waals surface area contributed by atoms with Crippen molar-refractivity contribution < 1.29 is 4.79 Å². The first-order chi connectivity index (χ1) is 10.8. The number of amides is 1. The number of rotatable bonds is 3. The van der Waals surface area contributed by atoms with Crippen molar-refractivity contribution in [2.75, 3.05) is 50.7 Å². The molecule has 2 fully saturated rings. The fourth-order valence-corrected chi connectivity index (χ4v) is 2.94. The monoisotopic (exact) mass is 300 g/mol. The maximum atomic E-state index is 12.2. The molecule has 0 N–H and O–H groups in total. The summed E-state index contributed by atoms with van der Waals surface area (Å²) < 4.78 is 0. The SMILES string of the molecule is N#Cc1cnc(N2CCN(CC(=O)N3CCCC3)CC2)cn1. The number of hydrogen-bond acceptors (Lipinski definition) is 6. The minimum atomic E-state index is 0.254. The number of anilines is 1. The van der Waals surface area contributed by atoms with E-state index in [0.717, 1.165) is 57.9 Å². The van der Waals surface area contributed by atoms with E-state index < -0.39 is 0 Å². The first-order valence-electron chi connectivity index (χ1n) is 7.73. The Balaban J connectivity index is 1.49. The zero-order chi connectivity index (χ0) is 15.4. The average Bonchev–Trinajstić information content (AvgIpc) is 3.10. The van der Waals surface area contributed by atoms with Crippen LogP contribution in [0.5, 0.6) is 0 Å². The molecule has 1 amide bonds. The lowest BCUT2D eigenvalue weighted by molar-refractivity contribution is -0.131. The van der Waals surface area contributed by atoms with Gasteiger partial charge in [-0.3, -0.25) is 9.69 Å². The van der Waals surface area contributed by atoms with Gasteiger partial charge in [-0.15, -0.1) is 0 Å². The summed E-state index contributed by atoms with van der Waals surface area (Å²) in [5.41, 5.74) is 0.332. The third-order valence-electron chi connectivity index (χ3n) is 4.27. The lowest BCUT2D eigenvalue weighted by Gasteiger charge is -2.35. The normalized spacial score (nSPS) is 19.2. The molecule has 7 heteroatoms. The van der Waals surface area contributed by atoms with E-state index in [0.29, 0.717) is 12.2 Å². The molecule has 0 bridgehead atoms. The van der Waals surface area contributed by atoms with Gasteiger partial charge in [0.2, 0.25) is 5.91 Å². The van der Waals surface area contributed by atoms with Crippen molar-refractivity contribution in [3.8, 4) is 6.07 Å². The highest BCUT2D eigenvalue weighted by molar-refractivity contribution is 5.78. The Morgan fingerprint density at radius 3 is 2.41 bits per heavy atom. The molecule has 0 spiro atoms. The number of nitriles is 1. The Kier molecular flexibility index (Phi) is 4.49. The van der Waals surface area contributed by atoms with Crippen LogP contribution in [0.1, 0.15) is 18.5 Å². The third kappa shape index (κ3) is 3.34. The largest absolute Gasteiger partial charge is 0.353 e. The average molecular weight is 300 g/mol. The number of carbonyl (C=O) groups excluding carboxylic acids is 1. The van der Waals surface area contributed by atoms with Crippen LogP contribution < -0.4 is 4.90 Å². The van der Waals surface area contributed by atoms with E-state index in [4.69, 9.17) is 5.26 Å². The van der Waals surface area contributed by atoms with Crippen LogP contribution in [-0.4, -0.2) is 71.5 Å². The smallest absolute Gasteiger partial charge is 0.236 e. The van der Waals surface area contributed by atoms with Gasteiger partial charge in [0.05, 0.1) is 18.9 Å². The summed E-state index contributed by atoms with van der Waals surface area (Å²) >= 11 is 0. The van der Waals surface area contributed by atoms with Crippen LogP contribution in [0.15, 0.2) is 12.4 Å². The molecule has 2 aliphatic heterocycles. The van der Waals surface area contributed by atoms with Gasteiger partial charge in [-0.05, 0) is 12.8 Å². The summed E-state index contributed by atoms with van der Waals surface area (Å²) in [5.74, 6) is 1.05. The van der Waals surface area contributed by atoms with Crippen LogP contribution in [0.2, 0.25) is 0 Å². The minimum Gasteiger partial charge on any atom is -0.353 e. The predicted octanol–water partition coefficient (Wildman–Crippen LogP) is 0.0927. The van der Waals surface area contributed by atoms with Crippen LogP contribution in [0, 0.1) is 11.3 Å². The Labute approximate surface area is 130 Å². The van der Waals surface area contributed by atoms with Crippen molar-refractivity contribution in [3.05, 3.63) is 18.1 Å². The maximum absolute atomic E-state index is 12.2. The molecular formula is C15H20N6O. The number of piperazine rings is 1. The quantitative estimate of drug-likeness (QED) is 0.787. The first-order valence-corrected chi connectivity index (χ1v) is 7.73. The van der Waals surface area contributed by atoms with Gasteiger partial charge in [-0.2, -0.15) is 5.26 Å². The summed E-state index contributed by atoms with van der Waals surface area (Å²) in [4.78, 5) is 26.8. The number of nitrogens with zero attached hydrogens (tertiary/aromatic N) is 6. The van der Waals surface area contributed by atoms with Crippen LogP contribution in [0.4, 0.5) is 5.82 Å².